The minimum Gasteiger partial charge on any atom is -0.388 e. The van der Waals surface area contributed by atoms with Gasteiger partial charge in [0, 0.05) is 29.7 Å². The maximum atomic E-state index is 16.4. The summed E-state index contributed by atoms with van der Waals surface area (Å²) in [7, 11) is 0. The van der Waals surface area contributed by atoms with Crippen LogP contribution in [0, 0.1) is 0 Å². The molecule has 1 spiro atoms. The van der Waals surface area contributed by atoms with Crippen LogP contribution in [0.1, 0.15) is 103 Å². The second-order valence-corrected chi connectivity index (χ2v) is 10.2. The number of nitrogens with zero attached hydrogens (tertiary/aromatic N) is 1. The van der Waals surface area contributed by atoms with Gasteiger partial charge in [0.25, 0.3) is 0 Å². The van der Waals surface area contributed by atoms with E-state index in [4.69, 9.17) is 14.5 Å². The van der Waals surface area contributed by atoms with Crippen LogP contribution in [-0.4, -0.2) is 29.1 Å². The summed E-state index contributed by atoms with van der Waals surface area (Å²) >= 11 is 0. The average molecular weight is 506 g/mol. The summed E-state index contributed by atoms with van der Waals surface area (Å²) in [5.41, 5.74) is 3.25. The molecule has 3 aliphatic rings. The Morgan fingerprint density at radius 3 is 2.36 bits per heavy atom. The van der Waals surface area contributed by atoms with Gasteiger partial charge in [0.15, 0.2) is 12.0 Å². The van der Waals surface area contributed by atoms with Crippen molar-refractivity contribution in [2.24, 2.45) is 0 Å². The lowest BCUT2D eigenvalue weighted by Gasteiger charge is -2.35. The Morgan fingerprint density at radius 2 is 1.78 bits per heavy atom. The maximum absolute atomic E-state index is 16.4. The summed E-state index contributed by atoms with van der Waals surface area (Å²) in [6, 6.07) is 4.22. The number of hydrogen-bond acceptors (Lipinski definition) is 4. The Labute approximate surface area is 208 Å². The second kappa shape index (κ2) is 9.54. The highest BCUT2D eigenvalue weighted by molar-refractivity contribution is 5.75. The zero-order valence-electron chi connectivity index (χ0n) is 20.5. The van der Waals surface area contributed by atoms with Crippen molar-refractivity contribution in [1.29, 1.82) is 0 Å². The van der Waals surface area contributed by atoms with Gasteiger partial charge in [-0.05, 0) is 60.4 Å². The predicted octanol–water partition coefficient (Wildman–Crippen LogP) is 6.96. The van der Waals surface area contributed by atoms with Gasteiger partial charge in [-0.15, -0.1) is 0 Å². The highest BCUT2D eigenvalue weighted by atomic mass is 19.4. The molecule has 2 aromatic rings. The number of ether oxygens (including phenoxy) is 2. The van der Waals surface area contributed by atoms with Crippen LogP contribution in [0.5, 0.6) is 0 Å². The first kappa shape index (κ1) is 25.4. The first-order valence-electron chi connectivity index (χ1n) is 12.6. The fourth-order valence-electron chi connectivity index (χ4n) is 5.68. The van der Waals surface area contributed by atoms with Crippen LogP contribution in [0.25, 0.3) is 5.57 Å². The number of benzene rings is 1. The molecular weight excluding hydrogens is 474 g/mol. The number of aliphatic hydroxyl groups is 1. The summed E-state index contributed by atoms with van der Waals surface area (Å²) < 4.78 is 67.5. The van der Waals surface area contributed by atoms with Crippen molar-refractivity contribution in [2.45, 2.75) is 82.5 Å². The van der Waals surface area contributed by atoms with Crippen molar-refractivity contribution >= 4 is 5.57 Å². The Bertz CT molecular complexity index is 1150. The number of alkyl halides is 4. The van der Waals surface area contributed by atoms with Crippen LogP contribution in [0.4, 0.5) is 17.6 Å². The van der Waals surface area contributed by atoms with Gasteiger partial charge in [-0.1, -0.05) is 32.1 Å². The van der Waals surface area contributed by atoms with E-state index < -0.39 is 29.8 Å². The zero-order valence-corrected chi connectivity index (χ0v) is 20.5. The monoisotopic (exact) mass is 505 g/mol. The van der Waals surface area contributed by atoms with Crippen LogP contribution in [0.2, 0.25) is 0 Å². The third kappa shape index (κ3) is 4.59. The molecule has 1 aromatic heterocycles. The van der Waals surface area contributed by atoms with E-state index in [-0.39, 0.29) is 11.5 Å². The molecule has 1 aromatic carbocycles. The van der Waals surface area contributed by atoms with Crippen molar-refractivity contribution in [2.75, 3.05) is 13.2 Å². The van der Waals surface area contributed by atoms with Crippen LogP contribution >= 0.6 is 0 Å². The van der Waals surface area contributed by atoms with E-state index in [0.29, 0.717) is 67.7 Å². The largest absolute Gasteiger partial charge is 0.416 e. The number of pyridine rings is 1. The van der Waals surface area contributed by atoms with E-state index in [1.54, 1.807) is 0 Å². The molecule has 1 fully saturated rings. The van der Waals surface area contributed by atoms with Gasteiger partial charge in [-0.2, -0.15) is 13.2 Å². The molecule has 4 nitrogen and oxygen atoms in total. The first-order valence-corrected chi connectivity index (χ1v) is 12.6. The van der Waals surface area contributed by atoms with Crippen molar-refractivity contribution in [3.63, 3.8) is 0 Å². The van der Waals surface area contributed by atoms with Gasteiger partial charge in [0.2, 0.25) is 0 Å². The number of hydrogen-bond donors (Lipinski definition) is 1. The molecule has 0 bridgehead atoms. The van der Waals surface area contributed by atoms with E-state index in [1.807, 2.05) is 19.9 Å². The fourth-order valence-corrected chi connectivity index (χ4v) is 5.68. The molecule has 2 atom stereocenters. The Balaban J connectivity index is 1.67. The van der Waals surface area contributed by atoms with Crippen LogP contribution < -0.4 is 0 Å². The van der Waals surface area contributed by atoms with E-state index in [1.165, 1.54) is 12.1 Å². The van der Waals surface area contributed by atoms with Gasteiger partial charge >= 0.3 is 6.18 Å². The standard InChI is InChI=1S/C28H31F4NO3/c1-16(2)26-24(25(29)18-6-8-19(9-7-18)28(30,31)32)22(23-20(33-26)4-3-5-21(23)34)17-10-12-27(13-11-17)35-14-15-36-27/h6-10,16,21,25,34H,3-5,11-15H2,1-2H3. The summed E-state index contributed by atoms with van der Waals surface area (Å²) in [4.78, 5) is 4.84. The molecule has 8 heteroatoms. The van der Waals surface area contributed by atoms with Gasteiger partial charge in [-0.3, -0.25) is 4.98 Å². The summed E-state index contributed by atoms with van der Waals surface area (Å²) in [5.74, 6) is -0.772. The third-order valence-corrected chi connectivity index (χ3v) is 7.51. The smallest absolute Gasteiger partial charge is 0.388 e. The second-order valence-electron chi connectivity index (χ2n) is 10.2. The highest BCUT2D eigenvalue weighted by Crippen LogP contribution is 2.48. The normalized spacial score (nSPS) is 22.6. The number of halogens is 4. The highest BCUT2D eigenvalue weighted by Gasteiger charge is 2.40. The van der Waals surface area contributed by atoms with Gasteiger partial charge in [-0.25, -0.2) is 4.39 Å². The van der Waals surface area contributed by atoms with Crippen molar-refractivity contribution in [3.8, 4) is 0 Å². The van der Waals surface area contributed by atoms with Gasteiger partial charge < -0.3 is 14.6 Å². The molecule has 5 rings (SSSR count). The first-order chi connectivity index (χ1) is 17.1. The van der Waals surface area contributed by atoms with Crippen molar-refractivity contribution < 1.29 is 32.1 Å². The molecule has 2 aliphatic carbocycles. The number of aromatic nitrogens is 1. The number of fused-ring (bicyclic) bond motifs is 1. The molecule has 36 heavy (non-hydrogen) atoms. The SMILES string of the molecule is CC(C)c1nc2c(c(C3=CCC4(CC3)OCCO4)c1C(F)c1ccc(C(F)(F)F)cc1)C(O)CCC2. The van der Waals surface area contributed by atoms with Crippen LogP contribution in [-0.2, 0) is 22.1 Å². The minimum atomic E-state index is -4.50. The molecule has 2 heterocycles. The molecule has 0 amide bonds. The molecule has 2 unspecified atom stereocenters. The average Bonchev–Trinajstić information content (AvgIpc) is 3.30. The fraction of sp³-hybridized carbons (Fsp3) is 0.536. The van der Waals surface area contributed by atoms with E-state index in [9.17, 15) is 18.3 Å². The molecule has 0 radical (unpaired) electrons. The summed E-state index contributed by atoms with van der Waals surface area (Å²) in [5, 5.41) is 11.0. The Hall–Kier alpha value is -2.29. The van der Waals surface area contributed by atoms with Crippen LogP contribution in [0.15, 0.2) is 30.3 Å². The lowest BCUT2D eigenvalue weighted by Crippen LogP contribution is -2.32. The van der Waals surface area contributed by atoms with Gasteiger partial charge in [0.05, 0.1) is 30.6 Å². The number of aryl methyl sites for hydroxylation is 1. The van der Waals surface area contributed by atoms with Crippen LogP contribution in [0.3, 0.4) is 0 Å². The quantitative estimate of drug-likeness (QED) is 0.457. The molecule has 1 aliphatic heterocycles. The van der Waals surface area contributed by atoms with Crippen molar-refractivity contribution in [3.05, 3.63) is 69.5 Å². The molecule has 0 saturated carbocycles. The molecule has 1 N–H and O–H groups in total. The molecule has 1 saturated heterocycles. The number of rotatable bonds is 4. The third-order valence-electron chi connectivity index (χ3n) is 7.51. The zero-order chi connectivity index (χ0) is 25.7. The lowest BCUT2D eigenvalue weighted by molar-refractivity contribution is -0.159. The van der Waals surface area contributed by atoms with Gasteiger partial charge in [0.1, 0.15) is 0 Å². The molecular formula is C28H31F4NO3. The van der Waals surface area contributed by atoms with E-state index >= 15 is 4.39 Å². The minimum absolute atomic E-state index is 0.118. The van der Waals surface area contributed by atoms with E-state index in [2.05, 4.69) is 0 Å². The Kier molecular flexibility index (Phi) is 6.72. The number of allylic oxidation sites excluding steroid dienone is 1. The van der Waals surface area contributed by atoms with Crippen molar-refractivity contribution in [1.82, 2.24) is 4.98 Å². The molecule has 194 valence electrons. The van der Waals surface area contributed by atoms with E-state index in [0.717, 1.165) is 29.8 Å². The maximum Gasteiger partial charge on any atom is 0.416 e. The topological polar surface area (TPSA) is 51.6 Å². The lowest BCUT2D eigenvalue weighted by atomic mass is 9.77. The number of aliphatic hydroxyl groups excluding tert-OH is 1. The summed E-state index contributed by atoms with van der Waals surface area (Å²) in [6.07, 6.45) is -1.20. The summed E-state index contributed by atoms with van der Waals surface area (Å²) in [6.45, 7) is 4.95. The Morgan fingerprint density at radius 1 is 1.08 bits per heavy atom. The predicted molar refractivity (Wildman–Crippen MR) is 127 cm³/mol.